The van der Waals surface area contributed by atoms with Crippen LogP contribution < -0.4 is 10.2 Å². The van der Waals surface area contributed by atoms with Crippen LogP contribution in [0.25, 0.3) is 5.82 Å². The summed E-state index contributed by atoms with van der Waals surface area (Å²) in [7, 11) is 0. The Morgan fingerprint density at radius 1 is 0.853 bits per heavy atom. The summed E-state index contributed by atoms with van der Waals surface area (Å²) in [4.78, 5) is 11.7. The van der Waals surface area contributed by atoms with Crippen molar-refractivity contribution in [2.75, 3.05) is 4.90 Å². The van der Waals surface area contributed by atoms with Gasteiger partial charge in [0, 0.05) is 29.5 Å². The normalized spacial score (nSPS) is 17.8. The standard InChI is InChI=1S/C28H29N5S/c1-17-13-18(2)15-22(14-17)33-26(25(31-28(33)34)24-10-6-7-11-29-24)23-16-20(4)32(21(23)5)27-19(3)9-8-12-30-27/h6-16,25-26H,1-5H3,(H,31,34)/t25-,26-/m0/s1. The van der Waals surface area contributed by atoms with Gasteiger partial charge in [0.1, 0.15) is 5.82 Å². The zero-order chi connectivity index (χ0) is 24.0. The molecule has 34 heavy (non-hydrogen) atoms. The Balaban J connectivity index is 1.71. The molecule has 1 aliphatic heterocycles. The fourth-order valence-electron chi connectivity index (χ4n) is 5.16. The van der Waals surface area contributed by atoms with E-state index in [0.717, 1.165) is 34.2 Å². The number of hydrogen-bond donors (Lipinski definition) is 1. The lowest BCUT2D eigenvalue weighted by Crippen LogP contribution is -2.29. The summed E-state index contributed by atoms with van der Waals surface area (Å²) in [5.74, 6) is 0.963. The molecule has 1 saturated heterocycles. The summed E-state index contributed by atoms with van der Waals surface area (Å²) < 4.78 is 2.25. The van der Waals surface area contributed by atoms with Gasteiger partial charge in [-0.25, -0.2) is 4.98 Å². The summed E-state index contributed by atoms with van der Waals surface area (Å²) in [6.45, 7) is 10.7. The van der Waals surface area contributed by atoms with E-state index in [1.807, 2.05) is 30.6 Å². The zero-order valence-corrected chi connectivity index (χ0v) is 21.0. The highest BCUT2D eigenvalue weighted by Crippen LogP contribution is 2.44. The van der Waals surface area contributed by atoms with Crippen molar-refractivity contribution in [3.8, 4) is 5.82 Å². The summed E-state index contributed by atoms with van der Waals surface area (Å²) in [6.07, 6.45) is 3.70. The van der Waals surface area contributed by atoms with Gasteiger partial charge in [0.15, 0.2) is 5.11 Å². The van der Waals surface area contributed by atoms with Crippen molar-refractivity contribution in [3.63, 3.8) is 0 Å². The average molecular weight is 468 g/mol. The molecule has 1 N–H and O–H groups in total. The topological polar surface area (TPSA) is 46.0 Å². The van der Waals surface area contributed by atoms with Gasteiger partial charge < -0.3 is 14.8 Å². The number of rotatable bonds is 4. The third-order valence-electron chi connectivity index (χ3n) is 6.57. The smallest absolute Gasteiger partial charge is 0.174 e. The van der Waals surface area contributed by atoms with Crippen molar-refractivity contribution >= 4 is 23.0 Å². The maximum absolute atomic E-state index is 5.93. The van der Waals surface area contributed by atoms with Gasteiger partial charge >= 0.3 is 0 Å². The molecule has 5 nitrogen and oxygen atoms in total. The molecule has 6 heteroatoms. The number of aryl methyl sites for hydroxylation is 4. The first-order chi connectivity index (χ1) is 16.3. The monoisotopic (exact) mass is 467 g/mol. The number of thiocarbonyl (C=S) groups is 1. The molecule has 1 aliphatic rings. The van der Waals surface area contributed by atoms with Gasteiger partial charge in [-0.15, -0.1) is 0 Å². The molecule has 0 unspecified atom stereocenters. The molecule has 0 amide bonds. The number of anilines is 1. The number of hydrogen-bond acceptors (Lipinski definition) is 3. The molecule has 0 bridgehead atoms. The summed E-state index contributed by atoms with van der Waals surface area (Å²) in [6, 6.07) is 18.9. The van der Waals surface area contributed by atoms with Gasteiger partial charge in [-0.3, -0.25) is 4.98 Å². The first-order valence-corrected chi connectivity index (χ1v) is 12.0. The summed E-state index contributed by atoms with van der Waals surface area (Å²) in [5, 5.41) is 4.30. The van der Waals surface area contributed by atoms with E-state index in [2.05, 4.69) is 85.8 Å². The van der Waals surface area contributed by atoms with E-state index in [0.29, 0.717) is 5.11 Å². The number of nitrogens with one attached hydrogen (secondary N) is 1. The number of pyridine rings is 2. The van der Waals surface area contributed by atoms with Crippen LogP contribution in [0.5, 0.6) is 0 Å². The van der Waals surface area contributed by atoms with Crippen LogP contribution in [-0.4, -0.2) is 19.6 Å². The van der Waals surface area contributed by atoms with E-state index in [1.165, 1.54) is 16.7 Å². The Morgan fingerprint density at radius 3 is 2.26 bits per heavy atom. The molecule has 0 saturated carbocycles. The SMILES string of the molecule is Cc1cc(C)cc(N2C(=S)N[C@@H](c3ccccn3)[C@@H]2c2cc(C)n(-c3ncccc3C)c2C)c1. The molecule has 4 aromatic rings. The highest BCUT2D eigenvalue weighted by atomic mass is 32.1. The molecule has 0 radical (unpaired) electrons. The van der Waals surface area contributed by atoms with Crippen LogP contribution in [0.1, 0.15) is 51.4 Å². The van der Waals surface area contributed by atoms with Crippen molar-refractivity contribution in [1.29, 1.82) is 0 Å². The quantitative estimate of drug-likeness (QED) is 0.374. The van der Waals surface area contributed by atoms with E-state index in [4.69, 9.17) is 22.2 Å². The Labute approximate surface area is 206 Å². The van der Waals surface area contributed by atoms with E-state index < -0.39 is 0 Å². The molecule has 1 aromatic carbocycles. The van der Waals surface area contributed by atoms with Crippen LogP contribution >= 0.6 is 12.2 Å². The van der Waals surface area contributed by atoms with Gasteiger partial charge in [-0.2, -0.15) is 0 Å². The van der Waals surface area contributed by atoms with E-state index >= 15 is 0 Å². The third kappa shape index (κ3) is 3.78. The minimum atomic E-state index is -0.0757. The van der Waals surface area contributed by atoms with Gasteiger partial charge in [-0.05, 0) is 105 Å². The minimum Gasteiger partial charge on any atom is -0.351 e. The van der Waals surface area contributed by atoms with Crippen LogP contribution in [0.2, 0.25) is 0 Å². The second kappa shape index (κ2) is 8.69. The van der Waals surface area contributed by atoms with E-state index in [1.54, 1.807) is 0 Å². The van der Waals surface area contributed by atoms with Crippen LogP contribution in [-0.2, 0) is 0 Å². The lowest BCUT2D eigenvalue weighted by atomic mass is 9.96. The predicted octanol–water partition coefficient (Wildman–Crippen LogP) is 5.99. The van der Waals surface area contributed by atoms with E-state index in [-0.39, 0.29) is 12.1 Å². The molecule has 0 aliphatic carbocycles. The molecule has 1 fully saturated rings. The predicted molar refractivity (Wildman–Crippen MR) is 142 cm³/mol. The van der Waals surface area contributed by atoms with Crippen molar-refractivity contribution in [1.82, 2.24) is 19.9 Å². The van der Waals surface area contributed by atoms with Crippen molar-refractivity contribution in [2.45, 2.75) is 46.7 Å². The first kappa shape index (κ1) is 22.3. The lowest BCUT2D eigenvalue weighted by molar-refractivity contribution is 0.565. The van der Waals surface area contributed by atoms with Crippen LogP contribution in [0, 0.1) is 34.6 Å². The van der Waals surface area contributed by atoms with Crippen molar-refractivity contribution in [3.05, 3.63) is 106 Å². The molecular weight excluding hydrogens is 438 g/mol. The molecular formula is C28H29N5S. The minimum absolute atomic E-state index is 0.0485. The Kier molecular flexibility index (Phi) is 5.70. The molecule has 4 heterocycles. The molecule has 172 valence electrons. The fraction of sp³-hybridized carbons (Fsp3) is 0.250. The number of nitrogens with zero attached hydrogens (tertiary/aromatic N) is 4. The molecule has 0 spiro atoms. The van der Waals surface area contributed by atoms with Crippen molar-refractivity contribution < 1.29 is 0 Å². The van der Waals surface area contributed by atoms with Gasteiger partial charge in [0.2, 0.25) is 0 Å². The van der Waals surface area contributed by atoms with Crippen LogP contribution in [0.4, 0.5) is 5.69 Å². The van der Waals surface area contributed by atoms with Crippen LogP contribution in [0.15, 0.2) is 67.0 Å². The lowest BCUT2D eigenvalue weighted by Gasteiger charge is -2.29. The number of aromatic nitrogens is 3. The van der Waals surface area contributed by atoms with Gasteiger partial charge in [0.25, 0.3) is 0 Å². The van der Waals surface area contributed by atoms with Crippen LogP contribution in [0.3, 0.4) is 0 Å². The van der Waals surface area contributed by atoms with E-state index in [9.17, 15) is 0 Å². The van der Waals surface area contributed by atoms with Gasteiger partial charge in [0.05, 0.1) is 17.8 Å². The third-order valence-corrected chi connectivity index (χ3v) is 6.88. The van der Waals surface area contributed by atoms with Crippen molar-refractivity contribution in [2.24, 2.45) is 0 Å². The average Bonchev–Trinajstić information content (AvgIpc) is 3.29. The highest BCUT2D eigenvalue weighted by Gasteiger charge is 2.42. The molecule has 3 aromatic heterocycles. The maximum atomic E-state index is 5.93. The second-order valence-corrected chi connectivity index (χ2v) is 9.54. The number of benzene rings is 1. The Hall–Kier alpha value is -3.51. The highest BCUT2D eigenvalue weighted by molar-refractivity contribution is 7.80. The van der Waals surface area contributed by atoms with Gasteiger partial charge in [-0.1, -0.05) is 18.2 Å². The first-order valence-electron chi connectivity index (χ1n) is 11.5. The fourth-order valence-corrected chi connectivity index (χ4v) is 5.51. The second-order valence-electron chi connectivity index (χ2n) is 9.15. The Morgan fingerprint density at radius 2 is 1.59 bits per heavy atom. The summed E-state index contributed by atoms with van der Waals surface area (Å²) >= 11 is 5.93. The molecule has 5 rings (SSSR count). The Bertz CT molecular complexity index is 1350. The largest absolute Gasteiger partial charge is 0.351 e. The molecule has 2 atom stereocenters. The maximum Gasteiger partial charge on any atom is 0.174 e. The summed E-state index contributed by atoms with van der Waals surface area (Å²) in [5.41, 5.74) is 9.16. The zero-order valence-electron chi connectivity index (χ0n) is 20.2.